The van der Waals surface area contributed by atoms with Gasteiger partial charge >= 0.3 is 0 Å². The van der Waals surface area contributed by atoms with Crippen LogP contribution in [0.3, 0.4) is 0 Å². The molecule has 1 aliphatic rings. The summed E-state index contributed by atoms with van der Waals surface area (Å²) in [7, 11) is 0. The van der Waals surface area contributed by atoms with Crippen molar-refractivity contribution in [2.24, 2.45) is 5.92 Å². The molecule has 2 amide bonds. The molecule has 1 heterocycles. The topological polar surface area (TPSA) is 58.6 Å². The first-order valence-electron chi connectivity index (χ1n) is 11.6. The molecule has 1 saturated heterocycles. The molecule has 1 fully saturated rings. The van der Waals surface area contributed by atoms with E-state index in [4.69, 9.17) is 4.74 Å². The fourth-order valence-corrected chi connectivity index (χ4v) is 4.20. The molecule has 5 heteroatoms. The Balaban J connectivity index is 1.31. The fraction of sp³-hybridized carbons (Fsp3) is 0.286. The summed E-state index contributed by atoms with van der Waals surface area (Å²) in [5, 5.41) is 3.12. The number of ether oxygens (including phenoxy) is 1. The van der Waals surface area contributed by atoms with E-state index in [2.05, 4.69) is 17.4 Å². The van der Waals surface area contributed by atoms with E-state index >= 15 is 0 Å². The predicted molar refractivity (Wildman–Crippen MR) is 130 cm³/mol. The van der Waals surface area contributed by atoms with E-state index in [0.717, 1.165) is 36.3 Å². The number of hydrogen-bond donors (Lipinski definition) is 1. The van der Waals surface area contributed by atoms with Gasteiger partial charge in [-0.2, -0.15) is 0 Å². The van der Waals surface area contributed by atoms with Crippen LogP contribution in [0.4, 0.5) is 5.69 Å². The SMILES string of the molecule is O=C(Nc1ccccc1Cc1ccccc1)C1CCCN(C(=O)CCOc2ccccc2)C1. The van der Waals surface area contributed by atoms with Crippen LogP contribution in [-0.4, -0.2) is 36.4 Å². The molecule has 0 bridgehead atoms. The van der Waals surface area contributed by atoms with Gasteiger partial charge in [0.25, 0.3) is 0 Å². The predicted octanol–water partition coefficient (Wildman–Crippen LogP) is 4.92. The van der Waals surface area contributed by atoms with Crippen LogP contribution in [0.1, 0.15) is 30.4 Å². The molecule has 3 aromatic carbocycles. The van der Waals surface area contributed by atoms with E-state index < -0.39 is 0 Å². The molecule has 0 aromatic heterocycles. The summed E-state index contributed by atoms with van der Waals surface area (Å²) in [4.78, 5) is 27.6. The minimum atomic E-state index is -0.206. The van der Waals surface area contributed by atoms with Gasteiger partial charge in [-0.1, -0.05) is 66.7 Å². The van der Waals surface area contributed by atoms with Gasteiger partial charge in [-0.15, -0.1) is 0 Å². The second-order valence-electron chi connectivity index (χ2n) is 8.40. The molecule has 1 unspecified atom stereocenters. The summed E-state index contributed by atoms with van der Waals surface area (Å²) in [6, 6.07) is 27.6. The van der Waals surface area contributed by atoms with E-state index in [9.17, 15) is 9.59 Å². The van der Waals surface area contributed by atoms with Crippen molar-refractivity contribution in [1.82, 2.24) is 4.90 Å². The first-order chi connectivity index (χ1) is 16.2. The molecule has 170 valence electrons. The number of rotatable bonds is 8. The molecule has 0 saturated carbocycles. The number of para-hydroxylation sites is 2. The van der Waals surface area contributed by atoms with Crippen LogP contribution >= 0.6 is 0 Å². The number of carbonyl (C=O) groups excluding carboxylic acids is 2. The van der Waals surface area contributed by atoms with E-state index in [1.807, 2.05) is 72.8 Å². The summed E-state index contributed by atoms with van der Waals surface area (Å²) < 4.78 is 5.66. The van der Waals surface area contributed by atoms with Gasteiger partial charge in [0.2, 0.25) is 11.8 Å². The zero-order chi connectivity index (χ0) is 22.9. The van der Waals surface area contributed by atoms with Crippen molar-refractivity contribution >= 4 is 17.5 Å². The number of nitrogens with one attached hydrogen (secondary N) is 1. The van der Waals surface area contributed by atoms with E-state index in [0.29, 0.717) is 26.1 Å². The number of carbonyl (C=O) groups is 2. The number of benzene rings is 3. The highest BCUT2D eigenvalue weighted by atomic mass is 16.5. The third-order valence-electron chi connectivity index (χ3n) is 5.99. The lowest BCUT2D eigenvalue weighted by molar-refractivity contribution is -0.135. The van der Waals surface area contributed by atoms with Gasteiger partial charge in [0, 0.05) is 18.8 Å². The number of piperidine rings is 1. The van der Waals surface area contributed by atoms with Crippen LogP contribution in [0, 0.1) is 5.92 Å². The second kappa shape index (κ2) is 11.3. The zero-order valence-corrected chi connectivity index (χ0v) is 18.8. The lowest BCUT2D eigenvalue weighted by atomic mass is 9.96. The molecule has 1 aliphatic heterocycles. The zero-order valence-electron chi connectivity index (χ0n) is 18.8. The quantitative estimate of drug-likeness (QED) is 0.539. The molecule has 1 N–H and O–H groups in total. The Morgan fingerprint density at radius 2 is 1.61 bits per heavy atom. The normalized spacial score (nSPS) is 15.6. The Bertz CT molecular complexity index is 1050. The summed E-state index contributed by atoms with van der Waals surface area (Å²) >= 11 is 0. The lowest BCUT2D eigenvalue weighted by Gasteiger charge is -2.32. The van der Waals surface area contributed by atoms with Crippen LogP contribution in [0.5, 0.6) is 5.75 Å². The van der Waals surface area contributed by atoms with Gasteiger partial charge in [0.15, 0.2) is 0 Å². The molecule has 4 rings (SSSR count). The third kappa shape index (κ3) is 6.45. The number of likely N-dealkylation sites (tertiary alicyclic amines) is 1. The summed E-state index contributed by atoms with van der Waals surface area (Å²) in [6.45, 7) is 1.48. The maximum Gasteiger partial charge on any atom is 0.229 e. The highest BCUT2D eigenvalue weighted by Crippen LogP contribution is 2.23. The van der Waals surface area contributed by atoms with Crippen molar-refractivity contribution < 1.29 is 14.3 Å². The molecule has 3 aromatic rings. The molecule has 0 aliphatic carbocycles. The van der Waals surface area contributed by atoms with E-state index in [1.165, 1.54) is 5.56 Å². The summed E-state index contributed by atoms with van der Waals surface area (Å²) in [5.74, 6) is 0.569. The number of anilines is 1. The molecule has 1 atom stereocenters. The van der Waals surface area contributed by atoms with Gasteiger partial charge < -0.3 is 15.0 Å². The smallest absolute Gasteiger partial charge is 0.229 e. The molecular formula is C28H30N2O3. The van der Waals surface area contributed by atoms with Crippen LogP contribution in [-0.2, 0) is 16.0 Å². The van der Waals surface area contributed by atoms with Crippen LogP contribution in [0.25, 0.3) is 0 Å². The highest BCUT2D eigenvalue weighted by molar-refractivity contribution is 5.94. The van der Waals surface area contributed by atoms with Crippen molar-refractivity contribution in [2.75, 3.05) is 25.0 Å². The van der Waals surface area contributed by atoms with E-state index in [1.54, 1.807) is 4.90 Å². The molecular weight excluding hydrogens is 412 g/mol. The first kappa shape index (κ1) is 22.6. The first-order valence-corrected chi connectivity index (χ1v) is 11.6. The second-order valence-corrected chi connectivity index (χ2v) is 8.40. The monoisotopic (exact) mass is 442 g/mol. The van der Waals surface area contributed by atoms with Crippen molar-refractivity contribution in [3.63, 3.8) is 0 Å². The highest BCUT2D eigenvalue weighted by Gasteiger charge is 2.28. The van der Waals surface area contributed by atoms with Crippen LogP contribution in [0.15, 0.2) is 84.9 Å². The minimum absolute atomic E-state index is 0.0199. The van der Waals surface area contributed by atoms with Gasteiger partial charge in [-0.25, -0.2) is 0 Å². The Morgan fingerprint density at radius 3 is 2.39 bits per heavy atom. The van der Waals surface area contributed by atoms with Crippen LogP contribution < -0.4 is 10.1 Å². The Morgan fingerprint density at radius 1 is 0.909 bits per heavy atom. The summed E-state index contributed by atoms with van der Waals surface area (Å²) in [6.07, 6.45) is 2.68. The number of nitrogens with zero attached hydrogens (tertiary/aromatic N) is 1. The summed E-state index contributed by atoms with van der Waals surface area (Å²) in [5.41, 5.74) is 3.12. The molecule has 0 radical (unpaired) electrons. The minimum Gasteiger partial charge on any atom is -0.493 e. The Labute approximate surface area is 195 Å². The van der Waals surface area contributed by atoms with E-state index in [-0.39, 0.29) is 17.7 Å². The largest absolute Gasteiger partial charge is 0.493 e. The number of amides is 2. The van der Waals surface area contributed by atoms with Crippen LogP contribution in [0.2, 0.25) is 0 Å². The van der Waals surface area contributed by atoms with Gasteiger partial charge in [-0.05, 0) is 48.6 Å². The van der Waals surface area contributed by atoms with Crippen molar-refractivity contribution in [2.45, 2.75) is 25.7 Å². The standard InChI is InChI=1S/C28H30N2O3/c31-27(17-19-33-25-14-5-2-6-15-25)30-18-9-13-24(21-30)28(32)29-26-16-8-7-12-23(26)20-22-10-3-1-4-11-22/h1-8,10-12,14-16,24H,9,13,17-21H2,(H,29,32). The third-order valence-corrected chi connectivity index (χ3v) is 5.99. The maximum absolute atomic E-state index is 13.1. The Kier molecular flexibility index (Phi) is 7.75. The fourth-order valence-electron chi connectivity index (χ4n) is 4.20. The van der Waals surface area contributed by atoms with Gasteiger partial charge in [0.1, 0.15) is 5.75 Å². The maximum atomic E-state index is 13.1. The number of hydrogen-bond acceptors (Lipinski definition) is 3. The van der Waals surface area contributed by atoms with Crippen molar-refractivity contribution in [1.29, 1.82) is 0 Å². The molecule has 5 nitrogen and oxygen atoms in total. The molecule has 0 spiro atoms. The molecule has 33 heavy (non-hydrogen) atoms. The lowest BCUT2D eigenvalue weighted by Crippen LogP contribution is -2.44. The van der Waals surface area contributed by atoms with Crippen molar-refractivity contribution in [3.05, 3.63) is 96.1 Å². The average Bonchev–Trinajstić information content (AvgIpc) is 2.86. The Hall–Kier alpha value is -3.60. The van der Waals surface area contributed by atoms with Gasteiger partial charge in [-0.3, -0.25) is 9.59 Å². The van der Waals surface area contributed by atoms with Crippen molar-refractivity contribution in [3.8, 4) is 5.75 Å². The van der Waals surface area contributed by atoms with Gasteiger partial charge in [0.05, 0.1) is 18.9 Å². The average molecular weight is 443 g/mol.